The maximum atomic E-state index is 12.2. The second kappa shape index (κ2) is 5.75. The Morgan fingerprint density at radius 1 is 1.21 bits per heavy atom. The Kier molecular flexibility index (Phi) is 4.27. The van der Waals surface area contributed by atoms with Gasteiger partial charge < -0.3 is 11.1 Å². The molecule has 0 heterocycles. The van der Waals surface area contributed by atoms with Crippen molar-refractivity contribution < 1.29 is 4.79 Å². The average molecular weight is 384 g/mol. The van der Waals surface area contributed by atoms with Crippen LogP contribution >= 0.6 is 31.9 Å². The van der Waals surface area contributed by atoms with Crippen molar-refractivity contribution in [2.45, 2.75) is 6.92 Å². The van der Waals surface area contributed by atoms with E-state index in [1.54, 1.807) is 18.2 Å². The molecular formula is C14H12Br2N2O. The van der Waals surface area contributed by atoms with Gasteiger partial charge in [0.1, 0.15) is 0 Å². The molecule has 0 aromatic heterocycles. The zero-order valence-corrected chi connectivity index (χ0v) is 13.4. The van der Waals surface area contributed by atoms with Crippen LogP contribution < -0.4 is 11.1 Å². The predicted octanol–water partition coefficient (Wildman–Crippen LogP) is 4.35. The van der Waals surface area contributed by atoms with Crippen molar-refractivity contribution in [3.63, 3.8) is 0 Å². The molecule has 2 aromatic carbocycles. The Morgan fingerprint density at radius 3 is 2.68 bits per heavy atom. The van der Waals surface area contributed by atoms with Gasteiger partial charge in [0.2, 0.25) is 0 Å². The third-order valence-corrected chi connectivity index (χ3v) is 4.25. The Hall–Kier alpha value is -1.33. The van der Waals surface area contributed by atoms with Crippen molar-refractivity contribution in [3.05, 3.63) is 56.5 Å². The molecule has 0 radical (unpaired) electrons. The van der Waals surface area contributed by atoms with Crippen molar-refractivity contribution in [2.24, 2.45) is 0 Å². The Morgan fingerprint density at radius 2 is 1.95 bits per heavy atom. The molecule has 0 saturated heterocycles. The van der Waals surface area contributed by atoms with Gasteiger partial charge in [-0.05, 0) is 52.7 Å². The Bertz CT molecular complexity index is 641. The first kappa shape index (κ1) is 14.1. The van der Waals surface area contributed by atoms with Gasteiger partial charge in [-0.3, -0.25) is 4.79 Å². The van der Waals surface area contributed by atoms with Crippen molar-refractivity contribution >= 4 is 49.1 Å². The molecule has 0 unspecified atom stereocenters. The first-order valence-electron chi connectivity index (χ1n) is 5.60. The number of carbonyl (C=O) groups excluding carboxylic acids is 1. The second-order valence-corrected chi connectivity index (χ2v) is 5.83. The highest BCUT2D eigenvalue weighted by Crippen LogP contribution is 2.27. The summed E-state index contributed by atoms with van der Waals surface area (Å²) in [4.78, 5) is 12.2. The van der Waals surface area contributed by atoms with Gasteiger partial charge in [0.05, 0.1) is 11.3 Å². The van der Waals surface area contributed by atoms with Gasteiger partial charge in [0.15, 0.2) is 0 Å². The number of nitrogens with one attached hydrogen (secondary N) is 1. The minimum absolute atomic E-state index is 0.231. The maximum absolute atomic E-state index is 12.2. The molecule has 0 aliphatic rings. The van der Waals surface area contributed by atoms with Crippen LogP contribution in [0.4, 0.5) is 11.4 Å². The molecule has 3 N–H and O–H groups in total. The van der Waals surface area contributed by atoms with E-state index >= 15 is 0 Å². The minimum Gasteiger partial charge on any atom is -0.398 e. The highest BCUT2D eigenvalue weighted by molar-refractivity contribution is 9.11. The summed E-state index contributed by atoms with van der Waals surface area (Å²) in [5.41, 5.74) is 8.50. The molecule has 0 saturated carbocycles. The third kappa shape index (κ3) is 3.16. The highest BCUT2D eigenvalue weighted by atomic mass is 79.9. The number of halogens is 2. The molecule has 0 aliphatic carbocycles. The van der Waals surface area contributed by atoms with Crippen molar-refractivity contribution in [1.29, 1.82) is 0 Å². The lowest BCUT2D eigenvalue weighted by atomic mass is 10.1. The van der Waals surface area contributed by atoms with E-state index in [9.17, 15) is 4.79 Å². The van der Waals surface area contributed by atoms with Crippen molar-refractivity contribution in [2.75, 3.05) is 11.1 Å². The predicted molar refractivity (Wildman–Crippen MR) is 85.4 cm³/mol. The molecule has 2 aromatic rings. The van der Waals surface area contributed by atoms with Gasteiger partial charge in [-0.1, -0.05) is 28.1 Å². The Balaban J connectivity index is 2.31. The summed E-state index contributed by atoms with van der Waals surface area (Å²) in [7, 11) is 0. The van der Waals surface area contributed by atoms with Crippen LogP contribution in [-0.2, 0) is 0 Å². The standard InChI is InChI=1S/C14H12Br2N2O/c1-8-3-2-4-12(13(8)16)18-14(19)10-7-9(15)5-6-11(10)17/h2-7H,17H2,1H3,(H,18,19). The fraction of sp³-hybridized carbons (Fsp3) is 0.0714. The van der Waals surface area contributed by atoms with Crippen LogP contribution in [0.5, 0.6) is 0 Å². The van der Waals surface area contributed by atoms with Crippen LogP contribution in [0.1, 0.15) is 15.9 Å². The summed E-state index contributed by atoms with van der Waals surface area (Å²) < 4.78 is 1.69. The van der Waals surface area contributed by atoms with E-state index in [0.29, 0.717) is 11.3 Å². The first-order valence-corrected chi connectivity index (χ1v) is 7.19. The maximum Gasteiger partial charge on any atom is 0.257 e. The van der Waals surface area contributed by atoms with E-state index in [0.717, 1.165) is 20.2 Å². The fourth-order valence-electron chi connectivity index (χ4n) is 1.66. The second-order valence-electron chi connectivity index (χ2n) is 4.12. The molecule has 0 spiro atoms. The van der Waals surface area contributed by atoms with E-state index in [1.165, 1.54) is 0 Å². The van der Waals surface area contributed by atoms with Crippen molar-refractivity contribution in [3.8, 4) is 0 Å². The lowest BCUT2D eigenvalue weighted by Crippen LogP contribution is -2.14. The van der Waals surface area contributed by atoms with E-state index < -0.39 is 0 Å². The average Bonchev–Trinajstić information content (AvgIpc) is 2.38. The molecular weight excluding hydrogens is 372 g/mol. The zero-order chi connectivity index (χ0) is 14.0. The summed E-state index contributed by atoms with van der Waals surface area (Å²) in [6, 6.07) is 10.9. The molecule has 5 heteroatoms. The quantitative estimate of drug-likeness (QED) is 0.757. The third-order valence-electron chi connectivity index (χ3n) is 2.70. The summed E-state index contributed by atoms with van der Waals surface area (Å²) in [5.74, 6) is -0.231. The smallest absolute Gasteiger partial charge is 0.257 e. The van der Waals surface area contributed by atoms with E-state index in [-0.39, 0.29) is 5.91 Å². The van der Waals surface area contributed by atoms with Crippen LogP contribution in [0.25, 0.3) is 0 Å². The molecule has 0 fully saturated rings. The summed E-state index contributed by atoms with van der Waals surface area (Å²) >= 11 is 6.79. The number of nitrogens with two attached hydrogens (primary N) is 1. The number of rotatable bonds is 2. The van der Waals surface area contributed by atoms with Crippen LogP contribution in [-0.4, -0.2) is 5.91 Å². The van der Waals surface area contributed by atoms with E-state index in [1.807, 2.05) is 25.1 Å². The molecule has 0 aliphatic heterocycles. The number of amides is 1. The van der Waals surface area contributed by atoms with Crippen LogP contribution in [0, 0.1) is 6.92 Å². The highest BCUT2D eigenvalue weighted by Gasteiger charge is 2.12. The number of nitrogen functional groups attached to an aromatic ring is 1. The van der Waals surface area contributed by atoms with Gasteiger partial charge in [-0.15, -0.1) is 0 Å². The minimum atomic E-state index is -0.231. The van der Waals surface area contributed by atoms with Crippen LogP contribution in [0.2, 0.25) is 0 Å². The van der Waals surface area contributed by atoms with Gasteiger partial charge in [-0.2, -0.15) is 0 Å². The molecule has 3 nitrogen and oxygen atoms in total. The molecule has 1 amide bonds. The summed E-state index contributed by atoms with van der Waals surface area (Å²) in [5, 5.41) is 2.85. The summed E-state index contributed by atoms with van der Waals surface area (Å²) in [6.45, 7) is 1.97. The van der Waals surface area contributed by atoms with Gasteiger partial charge in [-0.25, -0.2) is 0 Å². The lowest BCUT2D eigenvalue weighted by Gasteiger charge is -2.10. The number of anilines is 2. The number of aryl methyl sites for hydroxylation is 1. The fourth-order valence-corrected chi connectivity index (χ4v) is 2.38. The van der Waals surface area contributed by atoms with Gasteiger partial charge in [0.25, 0.3) is 5.91 Å². The molecule has 2 rings (SSSR count). The summed E-state index contributed by atoms with van der Waals surface area (Å²) in [6.07, 6.45) is 0. The number of carbonyl (C=O) groups is 1. The van der Waals surface area contributed by atoms with Crippen LogP contribution in [0.15, 0.2) is 45.3 Å². The zero-order valence-electron chi connectivity index (χ0n) is 10.2. The SMILES string of the molecule is Cc1cccc(NC(=O)c2cc(Br)ccc2N)c1Br. The van der Waals surface area contributed by atoms with Gasteiger partial charge in [0, 0.05) is 14.6 Å². The van der Waals surface area contributed by atoms with Crippen LogP contribution in [0.3, 0.4) is 0 Å². The molecule has 0 bridgehead atoms. The van der Waals surface area contributed by atoms with Gasteiger partial charge >= 0.3 is 0 Å². The topological polar surface area (TPSA) is 55.1 Å². The first-order chi connectivity index (χ1) is 8.99. The molecule has 19 heavy (non-hydrogen) atoms. The number of benzene rings is 2. The number of hydrogen-bond donors (Lipinski definition) is 2. The molecule has 98 valence electrons. The molecule has 0 atom stereocenters. The number of hydrogen-bond acceptors (Lipinski definition) is 2. The normalized spacial score (nSPS) is 10.3. The Labute approximate surface area is 128 Å². The largest absolute Gasteiger partial charge is 0.398 e. The van der Waals surface area contributed by atoms with E-state index in [2.05, 4.69) is 37.2 Å². The monoisotopic (exact) mass is 382 g/mol. The lowest BCUT2D eigenvalue weighted by molar-refractivity contribution is 0.102. The van der Waals surface area contributed by atoms with Crippen molar-refractivity contribution in [1.82, 2.24) is 0 Å². The van der Waals surface area contributed by atoms with E-state index in [4.69, 9.17) is 5.73 Å².